The second-order valence-electron chi connectivity index (χ2n) is 8.73. The highest BCUT2D eigenvalue weighted by Crippen LogP contribution is 2.37. The summed E-state index contributed by atoms with van der Waals surface area (Å²) in [6.07, 6.45) is 3.11. The van der Waals surface area contributed by atoms with Gasteiger partial charge in [0, 0.05) is 34.4 Å². The van der Waals surface area contributed by atoms with Gasteiger partial charge < -0.3 is 10.6 Å². The van der Waals surface area contributed by atoms with E-state index in [4.69, 9.17) is 45.5 Å². The average Bonchev–Trinajstić information content (AvgIpc) is 3.19. The minimum atomic E-state index is -0.420. The van der Waals surface area contributed by atoms with Crippen molar-refractivity contribution in [1.29, 1.82) is 0 Å². The molecule has 4 rings (SSSR count). The number of rotatable bonds is 5. The summed E-state index contributed by atoms with van der Waals surface area (Å²) in [6, 6.07) is 12.2. The molecule has 1 amide bonds. The van der Waals surface area contributed by atoms with Gasteiger partial charge in [0.25, 0.3) is 5.91 Å². The highest BCUT2D eigenvalue weighted by Gasteiger charge is 2.32. The number of hydrogen-bond donors (Lipinski definition) is 1. The molecule has 0 aliphatic carbocycles. The van der Waals surface area contributed by atoms with Crippen molar-refractivity contribution in [3.05, 3.63) is 68.9 Å². The standard InChI is InChI=1S/C25H27Cl3N4O/c1-15(2)21(29)23-22(25(33)31-12-4-3-5-13-31)30-24(19-11-8-17(27)14-20(19)28)32(23)18-9-6-16(26)7-10-18/h6-11,14-15,21H,3-5,12-13,29H2,1-2H3. The van der Waals surface area contributed by atoms with Gasteiger partial charge in [-0.1, -0.05) is 48.7 Å². The summed E-state index contributed by atoms with van der Waals surface area (Å²) in [4.78, 5) is 20.4. The molecule has 2 N–H and O–H groups in total. The maximum Gasteiger partial charge on any atom is 0.274 e. The zero-order chi connectivity index (χ0) is 23.7. The predicted octanol–water partition coefficient (Wildman–Crippen LogP) is 6.78. The molecule has 2 aromatic carbocycles. The molecule has 1 unspecified atom stereocenters. The first-order valence-corrected chi connectivity index (χ1v) is 12.3. The number of aromatic nitrogens is 2. The van der Waals surface area contributed by atoms with E-state index in [1.165, 1.54) is 0 Å². The van der Waals surface area contributed by atoms with Gasteiger partial charge >= 0.3 is 0 Å². The Kier molecular flexibility index (Phi) is 7.34. The molecule has 0 saturated carbocycles. The number of benzene rings is 2. The largest absolute Gasteiger partial charge is 0.337 e. The van der Waals surface area contributed by atoms with Crippen LogP contribution >= 0.6 is 34.8 Å². The lowest BCUT2D eigenvalue weighted by molar-refractivity contribution is 0.0716. The van der Waals surface area contributed by atoms with Gasteiger partial charge in [-0.05, 0) is 67.6 Å². The number of halogens is 3. The van der Waals surface area contributed by atoms with Crippen LogP contribution in [0, 0.1) is 5.92 Å². The normalized spacial score (nSPS) is 15.2. The first-order chi connectivity index (χ1) is 15.8. The maximum absolute atomic E-state index is 13.7. The second-order valence-corrected chi connectivity index (χ2v) is 10.0. The summed E-state index contributed by atoms with van der Waals surface area (Å²) in [5, 5.41) is 1.59. The molecule has 0 radical (unpaired) electrons. The van der Waals surface area contributed by atoms with Gasteiger partial charge in [0.2, 0.25) is 0 Å². The van der Waals surface area contributed by atoms with Crippen LogP contribution in [0.15, 0.2) is 42.5 Å². The summed E-state index contributed by atoms with van der Waals surface area (Å²) < 4.78 is 1.94. The fraction of sp³-hybridized carbons (Fsp3) is 0.360. The van der Waals surface area contributed by atoms with Crippen molar-refractivity contribution < 1.29 is 4.79 Å². The van der Waals surface area contributed by atoms with Gasteiger partial charge in [-0.3, -0.25) is 9.36 Å². The first kappa shape index (κ1) is 24.1. The van der Waals surface area contributed by atoms with E-state index in [2.05, 4.69) is 0 Å². The molecule has 0 spiro atoms. The Morgan fingerprint density at radius 1 is 0.970 bits per heavy atom. The summed E-state index contributed by atoms with van der Waals surface area (Å²) in [5.74, 6) is 0.527. The van der Waals surface area contributed by atoms with Crippen LogP contribution in [-0.2, 0) is 0 Å². The Morgan fingerprint density at radius 2 is 1.61 bits per heavy atom. The minimum Gasteiger partial charge on any atom is -0.337 e. The summed E-state index contributed by atoms with van der Waals surface area (Å²) >= 11 is 18.9. The number of amides is 1. The van der Waals surface area contributed by atoms with Crippen LogP contribution in [-0.4, -0.2) is 33.4 Å². The van der Waals surface area contributed by atoms with E-state index in [1.54, 1.807) is 24.3 Å². The smallest absolute Gasteiger partial charge is 0.274 e. The molecule has 1 aromatic heterocycles. The van der Waals surface area contributed by atoms with Crippen molar-refractivity contribution in [2.24, 2.45) is 11.7 Å². The van der Waals surface area contributed by atoms with E-state index in [9.17, 15) is 4.79 Å². The van der Waals surface area contributed by atoms with Gasteiger partial charge in [0.1, 0.15) is 5.82 Å². The number of nitrogens with zero attached hydrogens (tertiary/aromatic N) is 3. The lowest BCUT2D eigenvalue weighted by Crippen LogP contribution is -2.37. The number of likely N-dealkylation sites (tertiary alicyclic amines) is 1. The van der Waals surface area contributed by atoms with Crippen LogP contribution < -0.4 is 5.73 Å². The Bertz CT molecular complexity index is 1150. The SMILES string of the molecule is CC(C)C(N)c1c(C(=O)N2CCCCC2)nc(-c2ccc(Cl)cc2Cl)n1-c1ccc(Cl)cc1. The van der Waals surface area contributed by atoms with Crippen LogP contribution in [0.1, 0.15) is 55.3 Å². The molecule has 174 valence electrons. The predicted molar refractivity (Wildman–Crippen MR) is 136 cm³/mol. The molecule has 2 heterocycles. The molecule has 1 saturated heterocycles. The molecular weight excluding hydrogens is 479 g/mol. The lowest BCUT2D eigenvalue weighted by Gasteiger charge is -2.27. The third-order valence-corrected chi connectivity index (χ3v) is 6.85. The van der Waals surface area contributed by atoms with Crippen molar-refractivity contribution in [2.45, 2.75) is 39.2 Å². The van der Waals surface area contributed by atoms with Crippen molar-refractivity contribution in [3.63, 3.8) is 0 Å². The quantitative estimate of drug-likeness (QED) is 0.415. The maximum atomic E-state index is 13.7. The highest BCUT2D eigenvalue weighted by atomic mass is 35.5. The van der Waals surface area contributed by atoms with E-state index in [1.807, 2.05) is 41.5 Å². The number of imidazole rings is 1. The molecule has 1 aliphatic rings. The Morgan fingerprint density at radius 3 is 2.21 bits per heavy atom. The van der Waals surface area contributed by atoms with Gasteiger partial charge in [-0.25, -0.2) is 4.98 Å². The van der Waals surface area contributed by atoms with Crippen molar-refractivity contribution >= 4 is 40.7 Å². The summed E-state index contributed by atoms with van der Waals surface area (Å²) in [5.41, 5.74) is 9.23. The molecule has 1 fully saturated rings. The van der Waals surface area contributed by atoms with E-state index in [-0.39, 0.29) is 11.8 Å². The molecule has 1 aliphatic heterocycles. The van der Waals surface area contributed by atoms with E-state index < -0.39 is 6.04 Å². The second kappa shape index (κ2) is 10.1. The van der Waals surface area contributed by atoms with Crippen molar-refractivity contribution in [3.8, 4) is 17.1 Å². The highest BCUT2D eigenvalue weighted by molar-refractivity contribution is 6.36. The van der Waals surface area contributed by atoms with Gasteiger partial charge in [-0.15, -0.1) is 0 Å². The molecule has 0 bridgehead atoms. The Hall–Kier alpha value is -2.05. The Labute approximate surface area is 209 Å². The minimum absolute atomic E-state index is 0.0780. The van der Waals surface area contributed by atoms with Crippen molar-refractivity contribution in [2.75, 3.05) is 13.1 Å². The molecule has 33 heavy (non-hydrogen) atoms. The van der Waals surface area contributed by atoms with Gasteiger partial charge in [-0.2, -0.15) is 0 Å². The number of carbonyl (C=O) groups is 1. The Balaban J connectivity index is 2.00. The molecule has 3 aromatic rings. The van der Waals surface area contributed by atoms with Crippen molar-refractivity contribution in [1.82, 2.24) is 14.5 Å². The van der Waals surface area contributed by atoms with Crippen LogP contribution in [0.2, 0.25) is 15.1 Å². The van der Waals surface area contributed by atoms with E-state index in [0.717, 1.165) is 38.0 Å². The number of nitrogens with two attached hydrogens (primary N) is 1. The van der Waals surface area contributed by atoms with E-state index >= 15 is 0 Å². The molecule has 5 nitrogen and oxygen atoms in total. The first-order valence-electron chi connectivity index (χ1n) is 11.2. The molecular formula is C25H27Cl3N4O. The summed E-state index contributed by atoms with van der Waals surface area (Å²) in [7, 11) is 0. The van der Waals surface area contributed by atoms with Gasteiger partial charge in [0.15, 0.2) is 5.69 Å². The number of hydrogen-bond acceptors (Lipinski definition) is 3. The van der Waals surface area contributed by atoms with Crippen LogP contribution in [0.25, 0.3) is 17.1 Å². The monoisotopic (exact) mass is 504 g/mol. The molecule has 1 atom stereocenters. The fourth-order valence-electron chi connectivity index (χ4n) is 4.16. The van der Waals surface area contributed by atoms with Crippen LogP contribution in [0.3, 0.4) is 0 Å². The number of carbonyl (C=O) groups excluding carboxylic acids is 1. The van der Waals surface area contributed by atoms with Crippen LogP contribution in [0.4, 0.5) is 0 Å². The van der Waals surface area contributed by atoms with E-state index in [0.29, 0.717) is 37.8 Å². The van der Waals surface area contributed by atoms with Gasteiger partial charge in [0.05, 0.1) is 16.8 Å². The van der Waals surface area contributed by atoms with Crippen LogP contribution in [0.5, 0.6) is 0 Å². The fourth-order valence-corrected chi connectivity index (χ4v) is 4.78. The third-order valence-electron chi connectivity index (χ3n) is 6.05. The zero-order valence-electron chi connectivity index (χ0n) is 18.7. The lowest BCUT2D eigenvalue weighted by atomic mass is 9.99. The number of piperidine rings is 1. The molecule has 8 heteroatoms. The third kappa shape index (κ3) is 4.92. The zero-order valence-corrected chi connectivity index (χ0v) is 21.0. The topological polar surface area (TPSA) is 64.2 Å². The summed E-state index contributed by atoms with van der Waals surface area (Å²) in [6.45, 7) is 5.52. The average molecular weight is 506 g/mol.